The van der Waals surface area contributed by atoms with E-state index < -0.39 is 0 Å². The van der Waals surface area contributed by atoms with E-state index in [0.29, 0.717) is 18.0 Å². The third-order valence-corrected chi connectivity index (χ3v) is 5.19. The molecular formula is C27H46FN3. The maximum Gasteiger partial charge on any atom is 0.128 e. The lowest BCUT2D eigenvalue weighted by atomic mass is 10.0. The van der Waals surface area contributed by atoms with Crippen LogP contribution in [0.2, 0.25) is 0 Å². The Balaban J connectivity index is 0.00000436. The first-order chi connectivity index (χ1) is 14.8. The van der Waals surface area contributed by atoms with Crippen molar-refractivity contribution in [2.24, 2.45) is 10.9 Å². The number of aliphatic imine (C=N–C) groups is 1. The molecule has 0 spiro atoms. The van der Waals surface area contributed by atoms with E-state index in [0.717, 1.165) is 30.2 Å². The summed E-state index contributed by atoms with van der Waals surface area (Å²) in [5.41, 5.74) is 4.09. The van der Waals surface area contributed by atoms with Gasteiger partial charge in [0.1, 0.15) is 11.7 Å². The molecule has 0 saturated carbocycles. The molecule has 176 valence electrons. The van der Waals surface area contributed by atoms with Crippen LogP contribution in [0.3, 0.4) is 0 Å². The van der Waals surface area contributed by atoms with Gasteiger partial charge in [-0.3, -0.25) is 4.99 Å². The molecule has 0 unspecified atom stereocenters. The zero-order valence-corrected chi connectivity index (χ0v) is 21.2. The summed E-state index contributed by atoms with van der Waals surface area (Å²) in [4.78, 5) is 4.80. The maximum absolute atomic E-state index is 13.8. The van der Waals surface area contributed by atoms with Crippen LogP contribution in [0, 0.1) is 11.7 Å². The van der Waals surface area contributed by atoms with Gasteiger partial charge in [0.25, 0.3) is 0 Å². The Hall–Kier alpha value is -2.10. The zero-order valence-electron chi connectivity index (χ0n) is 21.2. The van der Waals surface area contributed by atoms with Gasteiger partial charge in [-0.2, -0.15) is 0 Å². The van der Waals surface area contributed by atoms with E-state index in [1.165, 1.54) is 37.3 Å². The summed E-state index contributed by atoms with van der Waals surface area (Å²) >= 11 is 0. The Morgan fingerprint density at radius 1 is 1.03 bits per heavy atom. The van der Waals surface area contributed by atoms with Gasteiger partial charge in [0.2, 0.25) is 0 Å². The molecule has 0 saturated heterocycles. The first kappa shape index (κ1) is 28.9. The monoisotopic (exact) mass is 431 g/mol. The molecule has 0 heterocycles. The van der Waals surface area contributed by atoms with Gasteiger partial charge in [-0.05, 0) is 45.3 Å². The van der Waals surface area contributed by atoms with Crippen molar-refractivity contribution >= 4 is 5.84 Å². The SMILES string of the molecule is CC.CCCCCCCN=C(/C=C(\C)NCc1ccccc1F)N/C(C)=C(/C)C(C)C. The van der Waals surface area contributed by atoms with E-state index in [1.807, 2.05) is 32.9 Å². The Morgan fingerprint density at radius 3 is 2.29 bits per heavy atom. The van der Waals surface area contributed by atoms with Crippen LogP contribution in [0.4, 0.5) is 4.39 Å². The van der Waals surface area contributed by atoms with Crippen LogP contribution < -0.4 is 10.6 Å². The predicted octanol–water partition coefficient (Wildman–Crippen LogP) is 7.75. The number of allylic oxidation sites excluding steroid dienone is 3. The van der Waals surface area contributed by atoms with Gasteiger partial charge in [-0.25, -0.2) is 4.39 Å². The number of benzene rings is 1. The van der Waals surface area contributed by atoms with Crippen molar-refractivity contribution in [3.8, 4) is 0 Å². The fraction of sp³-hybridized carbons (Fsp3) is 0.593. The number of nitrogens with zero attached hydrogens (tertiary/aromatic N) is 1. The second-order valence-electron chi connectivity index (χ2n) is 8.04. The first-order valence-electron chi connectivity index (χ1n) is 12.0. The number of hydrogen-bond donors (Lipinski definition) is 2. The minimum atomic E-state index is -0.182. The van der Waals surface area contributed by atoms with Crippen LogP contribution in [0.5, 0.6) is 0 Å². The Bertz CT molecular complexity index is 702. The van der Waals surface area contributed by atoms with Crippen LogP contribution >= 0.6 is 0 Å². The molecule has 0 amide bonds. The van der Waals surface area contributed by atoms with Crippen LogP contribution in [-0.2, 0) is 6.54 Å². The summed E-state index contributed by atoms with van der Waals surface area (Å²) in [6, 6.07) is 6.86. The molecule has 4 heteroatoms. The molecule has 0 aliphatic carbocycles. The van der Waals surface area contributed by atoms with Gasteiger partial charge in [0, 0.05) is 30.0 Å². The highest BCUT2D eigenvalue weighted by molar-refractivity contribution is 5.94. The average molecular weight is 432 g/mol. The topological polar surface area (TPSA) is 36.4 Å². The van der Waals surface area contributed by atoms with Gasteiger partial charge in [0.15, 0.2) is 0 Å². The van der Waals surface area contributed by atoms with Crippen molar-refractivity contribution in [2.75, 3.05) is 6.54 Å². The summed E-state index contributed by atoms with van der Waals surface area (Å²) in [6.45, 7) is 18.1. The lowest BCUT2D eigenvalue weighted by Crippen LogP contribution is -2.24. The highest BCUT2D eigenvalue weighted by Crippen LogP contribution is 2.12. The predicted molar refractivity (Wildman–Crippen MR) is 136 cm³/mol. The number of halogens is 1. The Labute approximate surface area is 191 Å². The smallest absolute Gasteiger partial charge is 0.128 e. The molecule has 0 aromatic heterocycles. The van der Waals surface area contributed by atoms with Crippen molar-refractivity contribution in [3.63, 3.8) is 0 Å². The van der Waals surface area contributed by atoms with E-state index in [1.54, 1.807) is 12.1 Å². The van der Waals surface area contributed by atoms with Gasteiger partial charge < -0.3 is 10.6 Å². The van der Waals surface area contributed by atoms with Gasteiger partial charge in [-0.15, -0.1) is 0 Å². The average Bonchev–Trinajstić information content (AvgIpc) is 2.76. The molecule has 31 heavy (non-hydrogen) atoms. The number of rotatable bonds is 12. The lowest BCUT2D eigenvalue weighted by Gasteiger charge is -2.15. The zero-order chi connectivity index (χ0) is 23.6. The molecule has 0 aliphatic rings. The molecule has 3 nitrogen and oxygen atoms in total. The van der Waals surface area contributed by atoms with Crippen LogP contribution in [0.25, 0.3) is 0 Å². The molecule has 1 aromatic rings. The highest BCUT2D eigenvalue weighted by Gasteiger charge is 2.05. The first-order valence-corrected chi connectivity index (χ1v) is 12.0. The third-order valence-electron chi connectivity index (χ3n) is 5.19. The number of nitrogens with one attached hydrogen (secondary N) is 2. The Kier molecular flexibility index (Phi) is 16.4. The minimum Gasteiger partial charge on any atom is -0.384 e. The largest absolute Gasteiger partial charge is 0.384 e. The summed E-state index contributed by atoms with van der Waals surface area (Å²) in [6.07, 6.45) is 8.17. The van der Waals surface area contributed by atoms with Crippen molar-refractivity contribution < 1.29 is 4.39 Å². The van der Waals surface area contributed by atoms with E-state index in [9.17, 15) is 4.39 Å². The van der Waals surface area contributed by atoms with E-state index in [4.69, 9.17) is 4.99 Å². The van der Waals surface area contributed by atoms with Crippen molar-refractivity contribution in [1.82, 2.24) is 10.6 Å². The minimum absolute atomic E-state index is 0.182. The second-order valence-corrected chi connectivity index (χ2v) is 8.04. The van der Waals surface area contributed by atoms with Gasteiger partial charge >= 0.3 is 0 Å². The number of hydrogen-bond acceptors (Lipinski definition) is 2. The van der Waals surface area contributed by atoms with E-state index in [2.05, 4.69) is 45.3 Å². The van der Waals surface area contributed by atoms with E-state index >= 15 is 0 Å². The van der Waals surface area contributed by atoms with Crippen molar-refractivity contribution in [3.05, 3.63) is 58.7 Å². The van der Waals surface area contributed by atoms with Gasteiger partial charge in [-0.1, -0.05) is 84.1 Å². The quantitative estimate of drug-likeness (QED) is 0.202. The summed E-state index contributed by atoms with van der Waals surface area (Å²) in [5, 5.41) is 6.78. The summed E-state index contributed by atoms with van der Waals surface area (Å²) in [5.74, 6) is 1.16. The van der Waals surface area contributed by atoms with Crippen molar-refractivity contribution in [2.45, 2.75) is 94.0 Å². The molecule has 2 N–H and O–H groups in total. The molecule has 0 fully saturated rings. The molecule has 0 radical (unpaired) electrons. The normalized spacial score (nSPS) is 12.8. The number of unbranched alkanes of at least 4 members (excludes halogenated alkanes) is 4. The third kappa shape index (κ3) is 13.0. The second kappa shape index (κ2) is 17.6. The van der Waals surface area contributed by atoms with Crippen LogP contribution in [-0.4, -0.2) is 12.4 Å². The summed E-state index contributed by atoms with van der Waals surface area (Å²) in [7, 11) is 0. The maximum atomic E-state index is 13.8. The fourth-order valence-electron chi connectivity index (χ4n) is 2.89. The van der Waals surface area contributed by atoms with Crippen LogP contribution in [0.1, 0.15) is 93.1 Å². The summed E-state index contributed by atoms with van der Waals surface area (Å²) < 4.78 is 13.8. The van der Waals surface area contributed by atoms with Crippen molar-refractivity contribution in [1.29, 1.82) is 0 Å². The molecule has 0 aliphatic heterocycles. The van der Waals surface area contributed by atoms with Gasteiger partial charge in [0.05, 0.1) is 0 Å². The van der Waals surface area contributed by atoms with E-state index in [-0.39, 0.29) is 5.82 Å². The Morgan fingerprint density at radius 2 is 1.68 bits per heavy atom. The molecule has 0 bridgehead atoms. The molecular weight excluding hydrogens is 385 g/mol. The number of amidine groups is 1. The van der Waals surface area contributed by atoms with Crippen LogP contribution in [0.15, 0.2) is 52.3 Å². The fourth-order valence-corrected chi connectivity index (χ4v) is 2.89. The standard InChI is InChI=1S/C25H40FN3.C2H6/c1-7-8-9-10-13-16-27-25(29-22(6)21(5)19(2)3)17-20(4)28-18-23-14-11-12-15-24(23)26;1-2/h11-12,14-15,17,19,28H,7-10,13,16,18H2,1-6H3,(H,27,29);1-2H3/b20-17+,22-21-;. The lowest BCUT2D eigenvalue weighted by molar-refractivity contribution is 0.601. The molecule has 1 aromatic carbocycles. The highest BCUT2D eigenvalue weighted by atomic mass is 19.1. The molecule has 1 rings (SSSR count). The molecule has 0 atom stereocenters.